The van der Waals surface area contributed by atoms with E-state index in [-0.39, 0.29) is 6.04 Å². The van der Waals surface area contributed by atoms with E-state index in [2.05, 4.69) is 35.9 Å². The fourth-order valence-electron chi connectivity index (χ4n) is 1.99. The zero-order valence-corrected chi connectivity index (χ0v) is 9.45. The number of hydrazine groups is 1. The van der Waals surface area contributed by atoms with Crippen molar-refractivity contribution in [1.82, 2.24) is 15.2 Å². The van der Waals surface area contributed by atoms with Crippen molar-refractivity contribution in [3.05, 3.63) is 12.2 Å². The lowest BCUT2D eigenvalue weighted by molar-refractivity contribution is 0.0962. The van der Waals surface area contributed by atoms with Crippen LogP contribution in [0.4, 0.5) is 0 Å². The lowest BCUT2D eigenvalue weighted by atomic mass is 9.99. The third-order valence-electron chi connectivity index (χ3n) is 2.99. The summed E-state index contributed by atoms with van der Waals surface area (Å²) in [5.74, 6) is 5.56. The van der Waals surface area contributed by atoms with E-state index >= 15 is 0 Å². The Balaban J connectivity index is 2.66. The number of hydrogen-bond donors (Lipinski definition) is 2. The van der Waals surface area contributed by atoms with Gasteiger partial charge in [-0.2, -0.15) is 0 Å². The standard InChI is InChI=1S/C10H22N4/c1-8(2)10(12-11)9-7-13(3)5-6-14(9)4/h9-10,12H,1,5-7,11H2,2-4H3. The SMILES string of the molecule is C=C(C)C(NN)C1CN(C)CCN1C. The number of nitrogens with zero attached hydrogens (tertiary/aromatic N) is 2. The quantitative estimate of drug-likeness (QED) is 0.369. The molecule has 0 aromatic heterocycles. The Morgan fingerprint density at radius 1 is 1.50 bits per heavy atom. The van der Waals surface area contributed by atoms with Gasteiger partial charge in [-0.3, -0.25) is 16.2 Å². The van der Waals surface area contributed by atoms with E-state index in [1.807, 2.05) is 6.92 Å². The van der Waals surface area contributed by atoms with Crippen molar-refractivity contribution in [2.75, 3.05) is 33.7 Å². The van der Waals surface area contributed by atoms with Crippen LogP contribution in [-0.2, 0) is 0 Å². The zero-order valence-electron chi connectivity index (χ0n) is 9.45. The number of hydrogen-bond acceptors (Lipinski definition) is 4. The largest absolute Gasteiger partial charge is 0.303 e. The molecule has 1 aliphatic heterocycles. The van der Waals surface area contributed by atoms with E-state index in [0.29, 0.717) is 6.04 Å². The van der Waals surface area contributed by atoms with Gasteiger partial charge in [-0.25, -0.2) is 0 Å². The summed E-state index contributed by atoms with van der Waals surface area (Å²) < 4.78 is 0. The molecule has 82 valence electrons. The Labute approximate surface area is 86.7 Å². The van der Waals surface area contributed by atoms with Crippen molar-refractivity contribution in [1.29, 1.82) is 0 Å². The number of nitrogens with one attached hydrogen (secondary N) is 1. The van der Waals surface area contributed by atoms with Gasteiger partial charge in [-0.1, -0.05) is 12.2 Å². The molecule has 0 aromatic rings. The van der Waals surface area contributed by atoms with Crippen molar-refractivity contribution in [2.24, 2.45) is 5.84 Å². The van der Waals surface area contributed by atoms with Crippen LogP contribution in [0, 0.1) is 0 Å². The van der Waals surface area contributed by atoms with Gasteiger partial charge in [0, 0.05) is 25.7 Å². The highest BCUT2D eigenvalue weighted by molar-refractivity contribution is 5.08. The Morgan fingerprint density at radius 2 is 2.14 bits per heavy atom. The minimum atomic E-state index is 0.183. The second-order valence-electron chi connectivity index (χ2n) is 4.30. The molecule has 0 spiro atoms. The first-order valence-corrected chi connectivity index (χ1v) is 5.06. The molecular formula is C10H22N4. The summed E-state index contributed by atoms with van der Waals surface area (Å²) in [6.45, 7) is 9.25. The fraction of sp³-hybridized carbons (Fsp3) is 0.800. The van der Waals surface area contributed by atoms with Crippen LogP contribution in [0.25, 0.3) is 0 Å². The fourth-order valence-corrected chi connectivity index (χ4v) is 1.99. The molecule has 3 N–H and O–H groups in total. The van der Waals surface area contributed by atoms with E-state index < -0.39 is 0 Å². The Kier molecular flexibility index (Phi) is 4.07. The number of nitrogens with two attached hydrogens (primary N) is 1. The zero-order chi connectivity index (χ0) is 10.7. The normalized spacial score (nSPS) is 27.6. The first-order chi connectivity index (χ1) is 6.56. The molecule has 1 saturated heterocycles. The van der Waals surface area contributed by atoms with Crippen LogP contribution in [0.3, 0.4) is 0 Å². The highest BCUT2D eigenvalue weighted by Gasteiger charge is 2.29. The topological polar surface area (TPSA) is 44.5 Å². The molecule has 0 bridgehead atoms. The highest BCUT2D eigenvalue weighted by Crippen LogP contribution is 2.13. The second-order valence-corrected chi connectivity index (χ2v) is 4.30. The molecule has 4 heteroatoms. The van der Waals surface area contributed by atoms with Gasteiger partial charge in [0.15, 0.2) is 0 Å². The van der Waals surface area contributed by atoms with Crippen LogP contribution in [0.15, 0.2) is 12.2 Å². The summed E-state index contributed by atoms with van der Waals surface area (Å²) in [6, 6.07) is 0.610. The predicted molar refractivity (Wildman–Crippen MR) is 59.8 cm³/mol. The van der Waals surface area contributed by atoms with Gasteiger partial charge in [0.2, 0.25) is 0 Å². The summed E-state index contributed by atoms with van der Waals surface area (Å²) in [5.41, 5.74) is 3.95. The van der Waals surface area contributed by atoms with E-state index in [9.17, 15) is 0 Å². The number of rotatable bonds is 3. The molecule has 0 amide bonds. The molecule has 0 saturated carbocycles. The van der Waals surface area contributed by atoms with Crippen molar-refractivity contribution in [3.8, 4) is 0 Å². The molecular weight excluding hydrogens is 176 g/mol. The molecule has 2 atom stereocenters. The van der Waals surface area contributed by atoms with Crippen LogP contribution in [-0.4, -0.2) is 55.6 Å². The smallest absolute Gasteiger partial charge is 0.0582 e. The average Bonchev–Trinajstić information content (AvgIpc) is 2.11. The van der Waals surface area contributed by atoms with Crippen LogP contribution in [0.2, 0.25) is 0 Å². The minimum Gasteiger partial charge on any atom is -0.303 e. The van der Waals surface area contributed by atoms with Gasteiger partial charge in [-0.05, 0) is 21.0 Å². The van der Waals surface area contributed by atoms with Gasteiger partial charge in [0.05, 0.1) is 6.04 Å². The monoisotopic (exact) mass is 198 g/mol. The first kappa shape index (κ1) is 11.7. The Morgan fingerprint density at radius 3 is 2.64 bits per heavy atom. The highest BCUT2D eigenvalue weighted by atomic mass is 15.3. The number of piperazine rings is 1. The van der Waals surface area contributed by atoms with Gasteiger partial charge in [0.25, 0.3) is 0 Å². The second kappa shape index (κ2) is 4.89. The lowest BCUT2D eigenvalue weighted by Crippen LogP contribution is -2.60. The molecule has 1 fully saturated rings. The maximum atomic E-state index is 5.56. The van der Waals surface area contributed by atoms with E-state index in [1.165, 1.54) is 0 Å². The summed E-state index contributed by atoms with van der Waals surface area (Å²) in [5, 5.41) is 0. The average molecular weight is 198 g/mol. The summed E-state index contributed by atoms with van der Waals surface area (Å²) in [7, 11) is 4.29. The van der Waals surface area contributed by atoms with Crippen LogP contribution >= 0.6 is 0 Å². The molecule has 0 aromatic carbocycles. The van der Waals surface area contributed by atoms with Crippen molar-refractivity contribution in [3.63, 3.8) is 0 Å². The van der Waals surface area contributed by atoms with E-state index in [4.69, 9.17) is 5.84 Å². The lowest BCUT2D eigenvalue weighted by Gasteiger charge is -2.41. The Hall–Kier alpha value is -0.420. The van der Waals surface area contributed by atoms with Crippen LogP contribution < -0.4 is 11.3 Å². The molecule has 0 radical (unpaired) electrons. The third kappa shape index (κ3) is 2.54. The van der Waals surface area contributed by atoms with E-state index in [0.717, 1.165) is 25.2 Å². The van der Waals surface area contributed by atoms with Gasteiger partial charge in [0.1, 0.15) is 0 Å². The Bertz CT molecular complexity index is 204. The van der Waals surface area contributed by atoms with Crippen LogP contribution in [0.5, 0.6) is 0 Å². The predicted octanol–water partition coefficient (Wildman–Crippen LogP) is -0.360. The van der Waals surface area contributed by atoms with Gasteiger partial charge in [-0.15, -0.1) is 0 Å². The third-order valence-corrected chi connectivity index (χ3v) is 2.99. The van der Waals surface area contributed by atoms with Crippen molar-refractivity contribution < 1.29 is 0 Å². The van der Waals surface area contributed by atoms with Gasteiger partial charge >= 0.3 is 0 Å². The maximum Gasteiger partial charge on any atom is 0.0582 e. The summed E-state index contributed by atoms with van der Waals surface area (Å²) in [6.07, 6.45) is 0. The van der Waals surface area contributed by atoms with Gasteiger partial charge < -0.3 is 4.90 Å². The molecule has 4 nitrogen and oxygen atoms in total. The van der Waals surface area contributed by atoms with Crippen molar-refractivity contribution in [2.45, 2.75) is 19.0 Å². The van der Waals surface area contributed by atoms with Crippen molar-refractivity contribution >= 4 is 0 Å². The molecule has 14 heavy (non-hydrogen) atoms. The summed E-state index contributed by atoms with van der Waals surface area (Å²) in [4.78, 5) is 4.68. The minimum absolute atomic E-state index is 0.183. The molecule has 1 aliphatic rings. The number of likely N-dealkylation sites (N-methyl/N-ethyl adjacent to an activating group) is 2. The van der Waals surface area contributed by atoms with E-state index in [1.54, 1.807) is 0 Å². The maximum absolute atomic E-state index is 5.56. The van der Waals surface area contributed by atoms with Crippen LogP contribution in [0.1, 0.15) is 6.92 Å². The molecule has 0 aliphatic carbocycles. The molecule has 1 heterocycles. The first-order valence-electron chi connectivity index (χ1n) is 5.06. The molecule has 2 unspecified atom stereocenters. The molecule has 1 rings (SSSR count). The summed E-state index contributed by atoms with van der Waals surface area (Å²) >= 11 is 0.